The summed E-state index contributed by atoms with van der Waals surface area (Å²) in [6.45, 7) is 3.98. The first-order valence-electron chi connectivity index (χ1n) is 7.16. The number of thioether (sulfide) groups is 1. The summed E-state index contributed by atoms with van der Waals surface area (Å²) in [4.78, 5) is 23.4. The van der Waals surface area contributed by atoms with Gasteiger partial charge in [-0.3, -0.25) is 4.79 Å². The number of ether oxygens (including phenoxy) is 1. The van der Waals surface area contributed by atoms with Gasteiger partial charge in [0.05, 0.1) is 24.1 Å². The van der Waals surface area contributed by atoms with Crippen LogP contribution in [0.1, 0.15) is 30.2 Å². The van der Waals surface area contributed by atoms with E-state index in [-0.39, 0.29) is 29.0 Å². The number of benzene rings is 1. The van der Waals surface area contributed by atoms with Crippen LogP contribution in [-0.4, -0.2) is 44.6 Å². The lowest BCUT2D eigenvalue weighted by Gasteiger charge is -2.11. The van der Waals surface area contributed by atoms with Crippen molar-refractivity contribution in [1.82, 2.24) is 14.8 Å². The van der Waals surface area contributed by atoms with Gasteiger partial charge in [-0.15, -0.1) is 10.2 Å². The second-order valence-electron chi connectivity index (χ2n) is 5.17. The molecule has 2 N–H and O–H groups in total. The Morgan fingerprint density at radius 1 is 1.42 bits per heavy atom. The number of hydrogen-bond donors (Lipinski definition) is 2. The molecule has 0 atom stereocenters. The normalized spacial score (nSPS) is 10.7. The van der Waals surface area contributed by atoms with Crippen molar-refractivity contribution in [2.75, 3.05) is 18.2 Å². The Morgan fingerprint density at radius 3 is 2.79 bits per heavy atom. The molecule has 0 aliphatic rings. The van der Waals surface area contributed by atoms with Crippen molar-refractivity contribution in [2.24, 2.45) is 0 Å². The molecule has 0 radical (unpaired) electrons. The fraction of sp³-hybridized carbons (Fsp3) is 0.333. The Bertz CT molecular complexity index is 745. The van der Waals surface area contributed by atoms with Gasteiger partial charge in [0.2, 0.25) is 5.91 Å². The third-order valence-electron chi connectivity index (χ3n) is 3.16. The number of carboxylic acid groups (broad SMARTS) is 1. The van der Waals surface area contributed by atoms with Crippen LogP contribution in [0.5, 0.6) is 5.75 Å². The number of aromatic carboxylic acids is 1. The Morgan fingerprint density at radius 2 is 2.17 bits per heavy atom. The molecular weight excluding hydrogens is 332 g/mol. The molecule has 128 valence electrons. The van der Waals surface area contributed by atoms with Crippen LogP contribution >= 0.6 is 11.8 Å². The molecule has 24 heavy (non-hydrogen) atoms. The zero-order chi connectivity index (χ0) is 17.7. The molecule has 1 aromatic carbocycles. The minimum Gasteiger partial charge on any atom is -0.497 e. The van der Waals surface area contributed by atoms with E-state index in [0.29, 0.717) is 10.9 Å². The van der Waals surface area contributed by atoms with E-state index in [2.05, 4.69) is 15.5 Å². The van der Waals surface area contributed by atoms with Gasteiger partial charge in [0.15, 0.2) is 5.16 Å². The van der Waals surface area contributed by atoms with Crippen LogP contribution in [0.3, 0.4) is 0 Å². The average molecular weight is 350 g/mol. The number of anilines is 1. The van der Waals surface area contributed by atoms with Crippen molar-refractivity contribution in [3.05, 3.63) is 30.1 Å². The number of rotatable bonds is 7. The number of amides is 1. The number of aromatic nitrogens is 3. The molecule has 0 fully saturated rings. The molecule has 1 amide bonds. The van der Waals surface area contributed by atoms with Gasteiger partial charge < -0.3 is 19.7 Å². The smallest absolute Gasteiger partial charge is 0.337 e. The predicted molar refractivity (Wildman–Crippen MR) is 89.7 cm³/mol. The SMILES string of the molecule is COc1ccc(NC(=O)CSc2nncn2C(C)C)c(C(=O)O)c1. The highest BCUT2D eigenvalue weighted by atomic mass is 32.2. The highest BCUT2D eigenvalue weighted by Gasteiger charge is 2.15. The van der Waals surface area contributed by atoms with Crippen molar-refractivity contribution in [2.45, 2.75) is 25.0 Å². The van der Waals surface area contributed by atoms with Gasteiger partial charge in [-0.1, -0.05) is 11.8 Å². The van der Waals surface area contributed by atoms with Crippen LogP contribution in [-0.2, 0) is 4.79 Å². The standard InChI is InChI=1S/C15H18N4O4S/c1-9(2)19-8-16-18-15(19)24-7-13(20)17-12-5-4-10(23-3)6-11(12)14(21)22/h4-6,8-9H,7H2,1-3H3,(H,17,20)(H,21,22). The summed E-state index contributed by atoms with van der Waals surface area (Å²) in [5.41, 5.74) is 0.192. The Kier molecular flexibility index (Phi) is 5.80. The monoisotopic (exact) mass is 350 g/mol. The highest BCUT2D eigenvalue weighted by molar-refractivity contribution is 7.99. The lowest BCUT2D eigenvalue weighted by molar-refractivity contribution is -0.113. The number of carboxylic acids is 1. The quantitative estimate of drug-likeness (QED) is 0.738. The third-order valence-corrected chi connectivity index (χ3v) is 4.12. The van der Waals surface area contributed by atoms with Crippen LogP contribution in [0.15, 0.2) is 29.7 Å². The summed E-state index contributed by atoms with van der Waals surface area (Å²) in [6, 6.07) is 4.64. The molecule has 2 aromatic rings. The van der Waals surface area contributed by atoms with Crippen LogP contribution in [0.4, 0.5) is 5.69 Å². The van der Waals surface area contributed by atoms with Gasteiger partial charge in [-0.2, -0.15) is 0 Å². The zero-order valence-corrected chi connectivity index (χ0v) is 14.3. The van der Waals surface area contributed by atoms with E-state index in [1.54, 1.807) is 12.4 Å². The fourth-order valence-corrected chi connectivity index (χ4v) is 2.79. The molecule has 0 unspecified atom stereocenters. The van der Waals surface area contributed by atoms with E-state index in [1.807, 2.05) is 18.4 Å². The molecule has 2 rings (SSSR count). The molecule has 0 bridgehead atoms. The maximum absolute atomic E-state index is 12.1. The number of carbonyl (C=O) groups is 2. The summed E-state index contributed by atoms with van der Waals surface area (Å²) >= 11 is 1.24. The number of nitrogens with zero attached hydrogens (tertiary/aromatic N) is 3. The first kappa shape index (κ1) is 17.8. The van der Waals surface area contributed by atoms with Gasteiger partial charge in [0.25, 0.3) is 0 Å². The maximum Gasteiger partial charge on any atom is 0.337 e. The van der Waals surface area contributed by atoms with Crippen molar-refractivity contribution in [1.29, 1.82) is 0 Å². The van der Waals surface area contributed by atoms with E-state index in [1.165, 1.54) is 31.0 Å². The minimum atomic E-state index is -1.14. The van der Waals surface area contributed by atoms with E-state index in [4.69, 9.17) is 4.74 Å². The molecule has 8 nitrogen and oxygen atoms in total. The molecule has 1 aromatic heterocycles. The van der Waals surface area contributed by atoms with Crippen LogP contribution < -0.4 is 10.1 Å². The van der Waals surface area contributed by atoms with Gasteiger partial charge in [-0.05, 0) is 32.0 Å². The Hall–Kier alpha value is -2.55. The van der Waals surface area contributed by atoms with E-state index in [9.17, 15) is 14.7 Å². The third kappa shape index (κ3) is 4.25. The van der Waals surface area contributed by atoms with Gasteiger partial charge >= 0.3 is 5.97 Å². The van der Waals surface area contributed by atoms with Gasteiger partial charge in [0, 0.05) is 6.04 Å². The second-order valence-corrected chi connectivity index (χ2v) is 6.11. The van der Waals surface area contributed by atoms with Crippen molar-refractivity contribution in [3.8, 4) is 5.75 Å². The first-order valence-corrected chi connectivity index (χ1v) is 8.14. The number of carbonyl (C=O) groups excluding carboxylic acids is 1. The van der Waals surface area contributed by atoms with Crippen LogP contribution in [0.2, 0.25) is 0 Å². The molecule has 0 saturated heterocycles. The molecular formula is C15H18N4O4S. The predicted octanol–water partition coefficient (Wildman–Crippen LogP) is 2.30. The van der Waals surface area contributed by atoms with Gasteiger partial charge in [0.1, 0.15) is 12.1 Å². The zero-order valence-electron chi connectivity index (χ0n) is 13.5. The molecule has 0 spiro atoms. The summed E-state index contributed by atoms with van der Waals surface area (Å²) in [6.07, 6.45) is 1.61. The Balaban J connectivity index is 2.04. The van der Waals surface area contributed by atoms with Gasteiger partial charge in [-0.25, -0.2) is 4.79 Å². The highest BCUT2D eigenvalue weighted by Crippen LogP contribution is 2.23. The first-order chi connectivity index (χ1) is 11.4. The summed E-state index contributed by atoms with van der Waals surface area (Å²) in [7, 11) is 1.45. The number of hydrogen-bond acceptors (Lipinski definition) is 6. The van der Waals surface area contributed by atoms with E-state index >= 15 is 0 Å². The Labute approximate surface area is 143 Å². The molecule has 9 heteroatoms. The summed E-state index contributed by atoms with van der Waals surface area (Å²) < 4.78 is 6.85. The topological polar surface area (TPSA) is 106 Å². The van der Waals surface area contributed by atoms with Crippen molar-refractivity contribution >= 4 is 29.3 Å². The molecule has 0 saturated carbocycles. The molecule has 0 aliphatic carbocycles. The minimum absolute atomic E-state index is 0.0296. The lowest BCUT2D eigenvalue weighted by Crippen LogP contribution is -2.17. The molecule has 1 heterocycles. The largest absolute Gasteiger partial charge is 0.497 e. The van der Waals surface area contributed by atoms with Crippen LogP contribution in [0, 0.1) is 0 Å². The maximum atomic E-state index is 12.1. The number of nitrogens with one attached hydrogen (secondary N) is 1. The number of methoxy groups -OCH3 is 1. The fourth-order valence-electron chi connectivity index (χ4n) is 1.94. The van der Waals surface area contributed by atoms with Crippen molar-refractivity contribution < 1.29 is 19.4 Å². The molecule has 0 aliphatic heterocycles. The van der Waals surface area contributed by atoms with Crippen LogP contribution in [0.25, 0.3) is 0 Å². The average Bonchev–Trinajstić information content (AvgIpc) is 3.02. The lowest BCUT2D eigenvalue weighted by atomic mass is 10.1. The van der Waals surface area contributed by atoms with Crippen molar-refractivity contribution in [3.63, 3.8) is 0 Å². The van der Waals surface area contributed by atoms with E-state index in [0.717, 1.165) is 0 Å². The second kappa shape index (κ2) is 7.82. The summed E-state index contributed by atoms with van der Waals surface area (Å²) in [5.74, 6) is -0.969. The summed E-state index contributed by atoms with van der Waals surface area (Å²) in [5, 5.41) is 20.3. The van der Waals surface area contributed by atoms with E-state index < -0.39 is 5.97 Å².